The number of rotatable bonds is 4. The summed E-state index contributed by atoms with van der Waals surface area (Å²) < 4.78 is 0. The molecule has 1 aromatic rings. The summed E-state index contributed by atoms with van der Waals surface area (Å²) >= 11 is 1.25. The molecular formula is C16H25N3O3S. The molecular weight excluding hydrogens is 314 g/mol. The van der Waals surface area contributed by atoms with Crippen LogP contribution in [0.1, 0.15) is 40.8 Å². The quantitative estimate of drug-likeness (QED) is 0.857. The second-order valence-electron chi connectivity index (χ2n) is 7.04. The molecule has 0 saturated carbocycles. The van der Waals surface area contributed by atoms with Crippen molar-refractivity contribution in [3.8, 4) is 0 Å². The number of aliphatic hydroxyl groups excluding tert-OH is 1. The first-order chi connectivity index (χ1) is 10.7. The summed E-state index contributed by atoms with van der Waals surface area (Å²) in [6.45, 7) is 9.41. The highest BCUT2D eigenvalue weighted by molar-refractivity contribution is 7.12. The van der Waals surface area contributed by atoms with Crippen LogP contribution in [-0.2, 0) is 0 Å². The first-order valence-corrected chi connectivity index (χ1v) is 8.64. The van der Waals surface area contributed by atoms with E-state index in [4.69, 9.17) is 5.73 Å². The average molecular weight is 339 g/mol. The maximum atomic E-state index is 12.4. The van der Waals surface area contributed by atoms with Crippen molar-refractivity contribution in [1.29, 1.82) is 0 Å². The van der Waals surface area contributed by atoms with Crippen molar-refractivity contribution in [3.05, 3.63) is 21.9 Å². The fraction of sp³-hybridized carbons (Fsp3) is 0.625. The van der Waals surface area contributed by atoms with Crippen molar-refractivity contribution >= 4 is 23.2 Å². The molecule has 0 aromatic carbocycles. The van der Waals surface area contributed by atoms with Crippen LogP contribution < -0.4 is 5.73 Å². The van der Waals surface area contributed by atoms with Gasteiger partial charge in [0.15, 0.2) is 0 Å². The van der Waals surface area contributed by atoms with Gasteiger partial charge in [0, 0.05) is 38.1 Å². The van der Waals surface area contributed by atoms with Crippen molar-refractivity contribution in [2.45, 2.75) is 26.9 Å². The number of piperazine rings is 1. The third-order valence-electron chi connectivity index (χ3n) is 4.19. The molecule has 0 spiro atoms. The van der Waals surface area contributed by atoms with Crippen LogP contribution in [-0.4, -0.2) is 65.5 Å². The fourth-order valence-corrected chi connectivity index (χ4v) is 3.25. The maximum absolute atomic E-state index is 12.4. The first kappa shape index (κ1) is 17.9. The van der Waals surface area contributed by atoms with E-state index in [0.29, 0.717) is 30.1 Å². The zero-order chi connectivity index (χ0) is 17.2. The second-order valence-corrected chi connectivity index (χ2v) is 7.95. The Morgan fingerprint density at radius 3 is 2.39 bits per heavy atom. The molecule has 0 radical (unpaired) electrons. The van der Waals surface area contributed by atoms with Crippen LogP contribution in [0, 0.1) is 5.41 Å². The van der Waals surface area contributed by atoms with E-state index < -0.39 is 5.91 Å². The predicted octanol–water partition coefficient (Wildman–Crippen LogP) is 1.01. The summed E-state index contributed by atoms with van der Waals surface area (Å²) in [5.74, 6) is -0.570. The minimum absolute atomic E-state index is 0.0569. The predicted molar refractivity (Wildman–Crippen MR) is 90.6 cm³/mol. The first-order valence-electron chi connectivity index (χ1n) is 7.76. The number of nitrogens with two attached hydrogens (primary N) is 1. The third-order valence-corrected chi connectivity index (χ3v) is 5.10. The molecule has 3 N–H and O–H groups in total. The number of hydrogen-bond acceptors (Lipinski definition) is 5. The van der Waals surface area contributed by atoms with Gasteiger partial charge < -0.3 is 15.7 Å². The van der Waals surface area contributed by atoms with Gasteiger partial charge in [-0.1, -0.05) is 20.8 Å². The molecule has 1 aliphatic heterocycles. The number of nitrogens with zero attached hydrogens (tertiary/aromatic N) is 2. The van der Waals surface area contributed by atoms with E-state index in [9.17, 15) is 14.7 Å². The lowest BCUT2D eigenvalue weighted by Gasteiger charge is -2.37. The monoisotopic (exact) mass is 339 g/mol. The highest BCUT2D eigenvalue weighted by Gasteiger charge is 2.28. The van der Waals surface area contributed by atoms with Crippen LogP contribution in [0.3, 0.4) is 0 Å². The molecule has 0 aliphatic carbocycles. The molecule has 0 unspecified atom stereocenters. The van der Waals surface area contributed by atoms with E-state index in [2.05, 4.69) is 4.90 Å². The van der Waals surface area contributed by atoms with Crippen LogP contribution >= 0.6 is 11.3 Å². The number of thiophene rings is 1. The minimum Gasteiger partial charge on any atom is -0.391 e. The summed E-state index contributed by atoms with van der Waals surface area (Å²) in [5.41, 5.74) is 5.45. The van der Waals surface area contributed by atoms with Crippen LogP contribution in [0.5, 0.6) is 0 Å². The molecule has 1 atom stereocenters. The zero-order valence-electron chi connectivity index (χ0n) is 13.9. The largest absolute Gasteiger partial charge is 0.391 e. The van der Waals surface area contributed by atoms with E-state index in [1.165, 1.54) is 11.3 Å². The van der Waals surface area contributed by atoms with E-state index in [-0.39, 0.29) is 17.4 Å². The lowest BCUT2D eigenvalue weighted by molar-refractivity contribution is 0.0137. The normalized spacial score (nSPS) is 18.0. The van der Waals surface area contributed by atoms with E-state index in [1.807, 2.05) is 20.8 Å². The van der Waals surface area contributed by atoms with Gasteiger partial charge in [-0.3, -0.25) is 14.5 Å². The average Bonchev–Trinajstić information content (AvgIpc) is 2.96. The topological polar surface area (TPSA) is 86.9 Å². The number of hydrogen-bond donors (Lipinski definition) is 2. The van der Waals surface area contributed by atoms with E-state index >= 15 is 0 Å². The molecule has 1 fully saturated rings. The molecule has 1 aliphatic rings. The summed E-state index contributed by atoms with van der Waals surface area (Å²) in [7, 11) is 0. The van der Waals surface area contributed by atoms with Crippen molar-refractivity contribution in [1.82, 2.24) is 9.80 Å². The van der Waals surface area contributed by atoms with Crippen LogP contribution in [0.15, 0.2) is 11.4 Å². The van der Waals surface area contributed by atoms with Gasteiger partial charge in [-0.2, -0.15) is 0 Å². The summed E-state index contributed by atoms with van der Waals surface area (Å²) in [4.78, 5) is 28.1. The Bertz CT molecular complexity index is 571. The fourth-order valence-electron chi connectivity index (χ4n) is 2.39. The minimum atomic E-state index is -0.513. The van der Waals surface area contributed by atoms with Gasteiger partial charge in [0.1, 0.15) is 0 Å². The van der Waals surface area contributed by atoms with Gasteiger partial charge in [0.2, 0.25) is 5.91 Å². The standard InChI is InChI=1S/C16H25N3O3S/c1-16(2,3)13(20)9-18-4-6-19(7-5-18)15(22)12-8-11(10-23-12)14(17)21/h8,10,13,20H,4-7,9H2,1-3H3,(H2,17,21)/t13-/m1/s1. The summed E-state index contributed by atoms with van der Waals surface area (Å²) in [6.07, 6.45) is -0.389. The lowest BCUT2D eigenvalue weighted by atomic mass is 9.89. The Labute approximate surface area is 140 Å². The molecule has 7 heteroatoms. The Balaban J connectivity index is 1.88. The molecule has 2 heterocycles. The molecule has 0 bridgehead atoms. The summed E-state index contributed by atoms with van der Waals surface area (Å²) in [6, 6.07) is 1.56. The number of carbonyl (C=O) groups excluding carboxylic acids is 2. The SMILES string of the molecule is CC(C)(C)[C@H](O)CN1CCN(C(=O)c2cc(C(N)=O)cs2)CC1. The number of β-amino-alcohol motifs (C(OH)–C–C–N with tert-alkyl or cyclic N) is 1. The Kier molecular flexibility index (Phi) is 5.44. The van der Waals surface area contributed by atoms with Crippen molar-refractivity contribution in [2.24, 2.45) is 11.1 Å². The van der Waals surface area contributed by atoms with E-state index in [1.54, 1.807) is 16.3 Å². The molecule has 1 saturated heterocycles. The van der Waals surface area contributed by atoms with Crippen molar-refractivity contribution < 1.29 is 14.7 Å². The number of aliphatic hydroxyl groups is 1. The lowest BCUT2D eigenvalue weighted by Crippen LogP contribution is -2.51. The Morgan fingerprint density at radius 1 is 1.30 bits per heavy atom. The number of carbonyl (C=O) groups is 2. The van der Waals surface area contributed by atoms with Gasteiger partial charge in [0.05, 0.1) is 16.5 Å². The highest BCUT2D eigenvalue weighted by Crippen LogP contribution is 2.21. The van der Waals surface area contributed by atoms with Gasteiger partial charge in [-0.15, -0.1) is 11.3 Å². The van der Waals surface area contributed by atoms with Gasteiger partial charge >= 0.3 is 0 Å². The molecule has 6 nitrogen and oxygen atoms in total. The second kappa shape index (κ2) is 6.98. The smallest absolute Gasteiger partial charge is 0.264 e. The molecule has 23 heavy (non-hydrogen) atoms. The Morgan fingerprint density at radius 2 is 1.91 bits per heavy atom. The van der Waals surface area contributed by atoms with Gasteiger partial charge in [-0.25, -0.2) is 0 Å². The van der Waals surface area contributed by atoms with Crippen LogP contribution in [0.2, 0.25) is 0 Å². The third kappa shape index (κ3) is 4.53. The van der Waals surface area contributed by atoms with Crippen molar-refractivity contribution in [3.63, 3.8) is 0 Å². The van der Waals surface area contributed by atoms with Crippen molar-refractivity contribution in [2.75, 3.05) is 32.7 Å². The molecule has 128 valence electrons. The highest BCUT2D eigenvalue weighted by atomic mass is 32.1. The molecule has 2 rings (SSSR count). The molecule has 1 aromatic heterocycles. The number of primary amides is 1. The zero-order valence-corrected chi connectivity index (χ0v) is 14.7. The Hall–Kier alpha value is -1.44. The molecule has 2 amide bonds. The summed E-state index contributed by atoms with van der Waals surface area (Å²) in [5, 5.41) is 11.8. The van der Waals surface area contributed by atoms with Gasteiger partial charge in [-0.05, 0) is 11.5 Å². The maximum Gasteiger partial charge on any atom is 0.264 e. The van der Waals surface area contributed by atoms with Gasteiger partial charge in [0.25, 0.3) is 5.91 Å². The number of amides is 2. The van der Waals surface area contributed by atoms with E-state index in [0.717, 1.165) is 13.1 Å². The van der Waals surface area contributed by atoms with Crippen LogP contribution in [0.4, 0.5) is 0 Å². The van der Waals surface area contributed by atoms with Crippen LogP contribution in [0.25, 0.3) is 0 Å².